The molecule has 0 saturated carbocycles. The minimum atomic E-state index is 0.305. The molecular weight excluding hydrogens is 192 g/mol. The topological polar surface area (TPSA) is 27.7 Å². The third-order valence-electron chi connectivity index (χ3n) is 2.04. The zero-order chi connectivity index (χ0) is 11.4. The Kier molecular flexibility index (Phi) is 11.1. The van der Waals surface area contributed by atoms with Gasteiger partial charge in [0.2, 0.25) is 0 Å². The van der Waals surface area contributed by atoms with Gasteiger partial charge in [0.05, 0.1) is 19.0 Å². The Hall–Kier alpha value is -0.540. The maximum atomic E-state index is 5.47. The fourth-order valence-electron chi connectivity index (χ4n) is 1.19. The maximum Gasteiger partial charge on any atom is 0.0873 e. The summed E-state index contributed by atoms with van der Waals surface area (Å²) in [6.07, 6.45) is 4.81. The van der Waals surface area contributed by atoms with Crippen molar-refractivity contribution in [3.63, 3.8) is 0 Å². The van der Waals surface area contributed by atoms with Gasteiger partial charge in [-0.2, -0.15) is 0 Å². The monoisotopic (exact) mass is 216 g/mol. The van der Waals surface area contributed by atoms with Gasteiger partial charge in [-0.15, -0.1) is 0 Å². The van der Waals surface area contributed by atoms with Gasteiger partial charge >= 0.3 is 0 Å². The molecule has 0 saturated heterocycles. The van der Waals surface area contributed by atoms with E-state index < -0.39 is 0 Å². The summed E-state index contributed by atoms with van der Waals surface area (Å²) in [6.45, 7) is 10.7. The minimum absolute atomic E-state index is 0.305. The largest absolute Gasteiger partial charge is 0.502 e. The second-order valence-electron chi connectivity index (χ2n) is 3.41. The number of ether oxygens (including phenoxy) is 3. The molecule has 15 heavy (non-hydrogen) atoms. The van der Waals surface area contributed by atoms with Gasteiger partial charge in [-0.1, -0.05) is 6.58 Å². The smallest absolute Gasteiger partial charge is 0.0873 e. The highest BCUT2D eigenvalue weighted by molar-refractivity contribution is 4.50. The van der Waals surface area contributed by atoms with Crippen molar-refractivity contribution in [2.24, 2.45) is 0 Å². The number of unbranched alkanes of at least 4 members (excludes halogenated alkanes) is 1. The molecule has 0 aromatic rings. The summed E-state index contributed by atoms with van der Waals surface area (Å²) in [5.74, 6) is 0. The third-order valence-corrected chi connectivity index (χ3v) is 2.04. The van der Waals surface area contributed by atoms with Crippen LogP contribution < -0.4 is 0 Å². The van der Waals surface area contributed by atoms with Gasteiger partial charge in [0.25, 0.3) is 0 Å². The molecule has 0 fully saturated rings. The lowest BCUT2D eigenvalue weighted by atomic mass is 10.3. The van der Waals surface area contributed by atoms with Crippen molar-refractivity contribution in [2.45, 2.75) is 39.2 Å². The summed E-state index contributed by atoms with van der Waals surface area (Å²) in [6, 6.07) is 0. The average molecular weight is 216 g/mol. The van der Waals surface area contributed by atoms with Gasteiger partial charge < -0.3 is 14.2 Å². The summed E-state index contributed by atoms with van der Waals surface area (Å²) in [5, 5.41) is 0. The molecule has 90 valence electrons. The molecule has 0 rings (SSSR count). The van der Waals surface area contributed by atoms with Crippen molar-refractivity contribution in [3.05, 3.63) is 12.8 Å². The molecule has 0 aliphatic rings. The van der Waals surface area contributed by atoms with Crippen molar-refractivity contribution < 1.29 is 14.2 Å². The van der Waals surface area contributed by atoms with Crippen LogP contribution in [0.2, 0.25) is 0 Å². The van der Waals surface area contributed by atoms with E-state index in [0.29, 0.717) is 6.10 Å². The molecule has 0 aliphatic heterocycles. The van der Waals surface area contributed by atoms with Gasteiger partial charge in [0.15, 0.2) is 0 Å². The predicted molar refractivity (Wildman–Crippen MR) is 61.9 cm³/mol. The predicted octanol–water partition coefficient (Wildman–Crippen LogP) is 2.76. The van der Waals surface area contributed by atoms with E-state index in [1.807, 2.05) is 6.92 Å². The fraction of sp³-hybridized carbons (Fsp3) is 0.833. The van der Waals surface area contributed by atoms with Crippen molar-refractivity contribution in [2.75, 3.05) is 26.4 Å². The standard InChI is InChI=1S/C12H24O3/c1-4-13-9-6-7-10-14-11-8-12(3)15-5-2/h4,12H,1,5-11H2,2-3H3. The molecule has 0 aliphatic carbocycles. The number of hydrogen-bond donors (Lipinski definition) is 0. The van der Waals surface area contributed by atoms with E-state index in [0.717, 1.165) is 45.7 Å². The van der Waals surface area contributed by atoms with Crippen LogP contribution in [0.4, 0.5) is 0 Å². The molecule has 3 heteroatoms. The van der Waals surface area contributed by atoms with Crippen molar-refractivity contribution in [1.29, 1.82) is 0 Å². The Morgan fingerprint density at radius 3 is 2.60 bits per heavy atom. The first kappa shape index (κ1) is 14.5. The Morgan fingerprint density at radius 1 is 1.20 bits per heavy atom. The van der Waals surface area contributed by atoms with Gasteiger partial charge in [-0.3, -0.25) is 0 Å². The molecule has 1 atom stereocenters. The Morgan fingerprint density at radius 2 is 1.93 bits per heavy atom. The van der Waals surface area contributed by atoms with Crippen LogP contribution in [0, 0.1) is 0 Å². The highest BCUT2D eigenvalue weighted by Gasteiger charge is 1.99. The summed E-state index contributed by atoms with van der Waals surface area (Å²) in [7, 11) is 0. The first-order chi connectivity index (χ1) is 7.31. The summed E-state index contributed by atoms with van der Waals surface area (Å²) < 4.78 is 15.9. The van der Waals surface area contributed by atoms with E-state index in [4.69, 9.17) is 14.2 Å². The molecule has 0 aromatic heterocycles. The second-order valence-corrected chi connectivity index (χ2v) is 3.41. The molecule has 0 bridgehead atoms. The van der Waals surface area contributed by atoms with Crippen LogP contribution in [0.25, 0.3) is 0 Å². The molecule has 1 unspecified atom stereocenters. The molecule has 0 aromatic carbocycles. The lowest BCUT2D eigenvalue weighted by Crippen LogP contribution is -2.11. The molecule has 0 spiro atoms. The van der Waals surface area contributed by atoms with Crippen molar-refractivity contribution in [1.82, 2.24) is 0 Å². The molecular formula is C12H24O3. The van der Waals surface area contributed by atoms with Crippen LogP contribution in [0.3, 0.4) is 0 Å². The molecule has 0 heterocycles. The van der Waals surface area contributed by atoms with Gasteiger partial charge in [0.1, 0.15) is 0 Å². The Balaban J connectivity index is 3.01. The lowest BCUT2D eigenvalue weighted by molar-refractivity contribution is 0.0367. The quantitative estimate of drug-likeness (QED) is 0.392. The molecule has 0 N–H and O–H groups in total. The van der Waals surface area contributed by atoms with Gasteiger partial charge in [-0.25, -0.2) is 0 Å². The van der Waals surface area contributed by atoms with E-state index in [1.54, 1.807) is 0 Å². The van der Waals surface area contributed by atoms with Crippen LogP contribution in [0.5, 0.6) is 0 Å². The highest BCUT2D eigenvalue weighted by atomic mass is 16.5. The van der Waals surface area contributed by atoms with Crippen molar-refractivity contribution >= 4 is 0 Å². The van der Waals surface area contributed by atoms with Crippen molar-refractivity contribution in [3.8, 4) is 0 Å². The van der Waals surface area contributed by atoms with Crippen LogP contribution in [-0.2, 0) is 14.2 Å². The zero-order valence-corrected chi connectivity index (χ0v) is 10.0. The average Bonchev–Trinajstić information content (AvgIpc) is 2.22. The number of hydrogen-bond acceptors (Lipinski definition) is 3. The van der Waals surface area contributed by atoms with Crippen LogP contribution >= 0.6 is 0 Å². The molecule has 0 amide bonds. The molecule has 3 nitrogen and oxygen atoms in total. The van der Waals surface area contributed by atoms with Gasteiger partial charge in [0, 0.05) is 19.8 Å². The summed E-state index contributed by atoms with van der Waals surface area (Å²) in [4.78, 5) is 0. The first-order valence-electron chi connectivity index (χ1n) is 5.73. The van der Waals surface area contributed by atoms with Crippen LogP contribution in [0.1, 0.15) is 33.1 Å². The van der Waals surface area contributed by atoms with E-state index in [2.05, 4.69) is 13.5 Å². The van der Waals surface area contributed by atoms with E-state index in [1.165, 1.54) is 6.26 Å². The van der Waals surface area contributed by atoms with Crippen LogP contribution in [-0.4, -0.2) is 32.5 Å². The normalized spacial score (nSPS) is 12.4. The lowest BCUT2D eigenvalue weighted by Gasteiger charge is -2.11. The number of rotatable bonds is 11. The summed E-state index contributed by atoms with van der Waals surface area (Å²) >= 11 is 0. The van der Waals surface area contributed by atoms with E-state index >= 15 is 0 Å². The van der Waals surface area contributed by atoms with Crippen LogP contribution in [0.15, 0.2) is 12.8 Å². The fourth-order valence-corrected chi connectivity index (χ4v) is 1.19. The Bertz CT molecular complexity index is 137. The van der Waals surface area contributed by atoms with E-state index in [9.17, 15) is 0 Å². The SMILES string of the molecule is C=COCCCCOCCC(C)OCC. The first-order valence-corrected chi connectivity index (χ1v) is 5.73. The van der Waals surface area contributed by atoms with Gasteiger partial charge in [-0.05, 0) is 33.1 Å². The zero-order valence-electron chi connectivity index (χ0n) is 10.0. The minimum Gasteiger partial charge on any atom is -0.502 e. The third kappa shape index (κ3) is 11.4. The Labute approximate surface area is 93.4 Å². The van der Waals surface area contributed by atoms with E-state index in [-0.39, 0.29) is 0 Å². The maximum absolute atomic E-state index is 5.47. The second kappa shape index (κ2) is 11.5. The molecule has 0 radical (unpaired) electrons. The summed E-state index contributed by atoms with van der Waals surface area (Å²) in [5.41, 5.74) is 0. The highest BCUT2D eigenvalue weighted by Crippen LogP contribution is 1.98.